The zero-order valence-corrected chi connectivity index (χ0v) is 9.97. The monoisotopic (exact) mass is 200 g/mol. The maximum absolute atomic E-state index is 5.08. The second-order valence-corrected chi connectivity index (χ2v) is 4.79. The van der Waals surface area contributed by atoms with E-state index in [1.165, 1.54) is 13.0 Å². The van der Waals surface area contributed by atoms with Crippen LogP contribution in [0.25, 0.3) is 0 Å². The van der Waals surface area contributed by atoms with E-state index in [1.54, 1.807) is 7.11 Å². The number of rotatable bonds is 5. The fraction of sp³-hybridized carbons (Fsp3) is 1.00. The maximum atomic E-state index is 5.08. The highest BCUT2D eigenvalue weighted by molar-refractivity contribution is 4.95. The van der Waals surface area contributed by atoms with Crippen molar-refractivity contribution in [3.8, 4) is 0 Å². The predicted octanol–water partition coefficient (Wildman–Crippen LogP) is 1.10. The first-order chi connectivity index (χ1) is 6.60. The van der Waals surface area contributed by atoms with Crippen molar-refractivity contribution in [2.24, 2.45) is 0 Å². The van der Waals surface area contributed by atoms with E-state index < -0.39 is 0 Å². The highest BCUT2D eigenvalue weighted by atomic mass is 16.5. The number of likely N-dealkylation sites (N-methyl/N-ethyl adjacent to an activating group) is 1. The fourth-order valence-electron chi connectivity index (χ4n) is 2.30. The smallest absolute Gasteiger partial charge is 0.0474 e. The highest BCUT2D eigenvalue weighted by Crippen LogP contribution is 2.28. The van der Waals surface area contributed by atoms with E-state index in [0.717, 1.165) is 19.6 Å². The van der Waals surface area contributed by atoms with Gasteiger partial charge in [0, 0.05) is 38.4 Å². The number of hydrogen-bond acceptors (Lipinski definition) is 3. The number of hydrogen-bond donors (Lipinski definition) is 1. The zero-order valence-electron chi connectivity index (χ0n) is 9.97. The Kier molecular flexibility index (Phi) is 4.35. The van der Waals surface area contributed by atoms with E-state index in [1.807, 2.05) is 0 Å². The van der Waals surface area contributed by atoms with E-state index in [2.05, 4.69) is 31.1 Å². The second kappa shape index (κ2) is 5.10. The lowest BCUT2D eigenvalue weighted by atomic mass is 10.0. The van der Waals surface area contributed by atoms with Gasteiger partial charge >= 0.3 is 0 Å². The van der Waals surface area contributed by atoms with Crippen molar-refractivity contribution >= 4 is 0 Å². The number of nitrogens with zero attached hydrogens (tertiary/aromatic N) is 1. The van der Waals surface area contributed by atoms with Gasteiger partial charge in [0.05, 0.1) is 0 Å². The Bertz CT molecular complexity index is 171. The normalized spacial score (nSPS) is 27.0. The lowest BCUT2D eigenvalue weighted by Gasteiger charge is -2.31. The minimum Gasteiger partial charge on any atom is -0.385 e. The molecule has 1 rings (SSSR count). The van der Waals surface area contributed by atoms with Gasteiger partial charge < -0.3 is 10.1 Å². The van der Waals surface area contributed by atoms with Crippen LogP contribution in [0.15, 0.2) is 0 Å². The summed E-state index contributed by atoms with van der Waals surface area (Å²) >= 11 is 0. The molecule has 1 atom stereocenters. The molecule has 1 saturated heterocycles. The van der Waals surface area contributed by atoms with E-state index in [0.29, 0.717) is 11.6 Å². The van der Waals surface area contributed by atoms with Gasteiger partial charge in [0.25, 0.3) is 0 Å². The van der Waals surface area contributed by atoms with Crippen molar-refractivity contribution in [1.29, 1.82) is 0 Å². The Morgan fingerprint density at radius 2 is 2.21 bits per heavy atom. The molecule has 1 heterocycles. The summed E-state index contributed by atoms with van der Waals surface area (Å²) in [6.07, 6.45) is 2.38. The van der Waals surface area contributed by atoms with Crippen LogP contribution in [-0.2, 0) is 4.74 Å². The van der Waals surface area contributed by atoms with Crippen LogP contribution in [0, 0.1) is 0 Å². The molecule has 84 valence electrons. The quantitative estimate of drug-likeness (QED) is 0.673. The molecule has 1 N–H and O–H groups in total. The van der Waals surface area contributed by atoms with E-state index in [-0.39, 0.29) is 0 Å². The summed E-state index contributed by atoms with van der Waals surface area (Å²) in [4.78, 5) is 2.56. The van der Waals surface area contributed by atoms with Crippen molar-refractivity contribution < 1.29 is 4.74 Å². The number of nitrogens with one attached hydrogen (secondary N) is 1. The van der Waals surface area contributed by atoms with Crippen molar-refractivity contribution in [1.82, 2.24) is 10.2 Å². The average molecular weight is 200 g/mol. The van der Waals surface area contributed by atoms with Gasteiger partial charge in [0.15, 0.2) is 0 Å². The summed E-state index contributed by atoms with van der Waals surface area (Å²) in [5.74, 6) is 0. The van der Waals surface area contributed by atoms with Gasteiger partial charge in [-0.15, -0.1) is 0 Å². The molecule has 0 bridgehead atoms. The lowest BCUT2D eigenvalue weighted by Crippen LogP contribution is -2.39. The van der Waals surface area contributed by atoms with Crippen molar-refractivity contribution in [2.75, 3.05) is 33.9 Å². The van der Waals surface area contributed by atoms with Gasteiger partial charge in [-0.25, -0.2) is 0 Å². The van der Waals surface area contributed by atoms with Crippen molar-refractivity contribution in [2.45, 2.75) is 38.3 Å². The topological polar surface area (TPSA) is 24.5 Å². The summed E-state index contributed by atoms with van der Waals surface area (Å²) in [5.41, 5.74) is 0.349. The number of ether oxygens (including phenoxy) is 1. The number of likely N-dealkylation sites (tertiary alicyclic amines) is 1. The molecule has 1 aliphatic rings. The molecule has 0 saturated carbocycles. The SMILES string of the molecule is CNC1CN(CCCOC)C(C)(C)C1. The Morgan fingerprint density at radius 3 is 2.71 bits per heavy atom. The zero-order chi connectivity index (χ0) is 10.6. The van der Waals surface area contributed by atoms with E-state index >= 15 is 0 Å². The van der Waals surface area contributed by atoms with Gasteiger partial charge in [-0.1, -0.05) is 0 Å². The predicted molar refractivity (Wildman–Crippen MR) is 59.6 cm³/mol. The van der Waals surface area contributed by atoms with Crippen LogP contribution >= 0.6 is 0 Å². The Balaban J connectivity index is 2.36. The largest absolute Gasteiger partial charge is 0.385 e. The van der Waals surface area contributed by atoms with Crippen molar-refractivity contribution in [3.05, 3.63) is 0 Å². The Labute approximate surface area is 87.8 Å². The molecule has 3 heteroatoms. The molecular weight excluding hydrogens is 176 g/mol. The molecule has 0 aromatic carbocycles. The molecule has 0 amide bonds. The molecule has 1 fully saturated rings. The van der Waals surface area contributed by atoms with Crippen molar-refractivity contribution in [3.63, 3.8) is 0 Å². The Hall–Kier alpha value is -0.120. The molecule has 1 aliphatic heterocycles. The Morgan fingerprint density at radius 1 is 1.50 bits per heavy atom. The molecule has 14 heavy (non-hydrogen) atoms. The van der Waals surface area contributed by atoms with Gasteiger partial charge in [0.1, 0.15) is 0 Å². The molecule has 0 aromatic heterocycles. The van der Waals surface area contributed by atoms with Crippen LogP contribution < -0.4 is 5.32 Å². The average Bonchev–Trinajstić information content (AvgIpc) is 2.42. The van der Waals surface area contributed by atoms with Crippen LogP contribution in [0.2, 0.25) is 0 Å². The lowest BCUT2D eigenvalue weighted by molar-refractivity contribution is 0.138. The summed E-state index contributed by atoms with van der Waals surface area (Å²) in [6.45, 7) is 7.86. The van der Waals surface area contributed by atoms with E-state index in [9.17, 15) is 0 Å². The van der Waals surface area contributed by atoms with Crippen LogP contribution in [0.3, 0.4) is 0 Å². The van der Waals surface area contributed by atoms with Gasteiger partial charge in [0.2, 0.25) is 0 Å². The molecular formula is C11H24N2O. The maximum Gasteiger partial charge on any atom is 0.0474 e. The molecule has 0 aromatic rings. The van der Waals surface area contributed by atoms with Crippen LogP contribution in [0.5, 0.6) is 0 Å². The second-order valence-electron chi connectivity index (χ2n) is 4.79. The van der Waals surface area contributed by atoms with Crippen LogP contribution in [0.1, 0.15) is 26.7 Å². The summed E-state index contributed by atoms with van der Waals surface area (Å²) < 4.78 is 5.08. The summed E-state index contributed by atoms with van der Waals surface area (Å²) in [7, 11) is 3.82. The highest BCUT2D eigenvalue weighted by Gasteiger charge is 2.36. The van der Waals surface area contributed by atoms with Crippen LogP contribution in [0.4, 0.5) is 0 Å². The van der Waals surface area contributed by atoms with Gasteiger partial charge in [-0.05, 0) is 33.7 Å². The van der Waals surface area contributed by atoms with Crippen LogP contribution in [-0.4, -0.2) is 50.3 Å². The molecule has 3 nitrogen and oxygen atoms in total. The third-order valence-corrected chi connectivity index (χ3v) is 3.23. The molecule has 0 spiro atoms. The third kappa shape index (κ3) is 2.94. The van der Waals surface area contributed by atoms with Gasteiger partial charge in [-0.3, -0.25) is 4.90 Å². The molecule has 0 aliphatic carbocycles. The molecule has 0 radical (unpaired) electrons. The third-order valence-electron chi connectivity index (χ3n) is 3.23. The standard InChI is InChI=1S/C11H24N2O/c1-11(2)8-10(12-3)9-13(11)6-5-7-14-4/h10,12H,5-9H2,1-4H3. The summed E-state index contributed by atoms with van der Waals surface area (Å²) in [5, 5.41) is 3.37. The first-order valence-corrected chi connectivity index (χ1v) is 5.51. The first kappa shape index (κ1) is 12.0. The fourth-order valence-corrected chi connectivity index (χ4v) is 2.30. The number of methoxy groups -OCH3 is 1. The van der Waals surface area contributed by atoms with E-state index in [4.69, 9.17) is 4.74 Å². The minimum absolute atomic E-state index is 0.349. The summed E-state index contributed by atoms with van der Waals surface area (Å²) in [6, 6.07) is 0.660. The molecule has 1 unspecified atom stereocenters. The van der Waals surface area contributed by atoms with Gasteiger partial charge in [-0.2, -0.15) is 0 Å². The first-order valence-electron chi connectivity index (χ1n) is 5.51. The minimum atomic E-state index is 0.349.